The first-order valence-corrected chi connectivity index (χ1v) is 6.61. The maximum Gasteiger partial charge on any atom is 0.239 e. The Morgan fingerprint density at radius 1 is 1.50 bits per heavy atom. The molecule has 4 heteroatoms. The summed E-state index contributed by atoms with van der Waals surface area (Å²) in [5, 5.41) is 2.91. The van der Waals surface area contributed by atoms with Gasteiger partial charge in [-0.05, 0) is 30.9 Å². The number of nitrogens with one attached hydrogen (secondary N) is 1. The smallest absolute Gasteiger partial charge is 0.239 e. The molecule has 1 aliphatic rings. The lowest BCUT2D eigenvalue weighted by molar-refractivity contribution is -0.119. The number of nitrogens with zero attached hydrogens (tertiary/aromatic N) is 1. The van der Waals surface area contributed by atoms with Gasteiger partial charge < -0.3 is 16.0 Å². The van der Waals surface area contributed by atoms with Crippen LogP contribution in [0.1, 0.15) is 25.3 Å². The number of rotatable bonds is 4. The van der Waals surface area contributed by atoms with Crippen molar-refractivity contribution in [2.45, 2.75) is 26.2 Å². The highest BCUT2D eigenvalue weighted by atomic mass is 16.2. The topological polar surface area (TPSA) is 58.4 Å². The summed E-state index contributed by atoms with van der Waals surface area (Å²) in [5.74, 6) is 0.0768. The third-order valence-electron chi connectivity index (χ3n) is 3.25. The molecule has 0 fully saturated rings. The molecule has 3 N–H and O–H groups in total. The van der Waals surface area contributed by atoms with Crippen LogP contribution in [-0.2, 0) is 11.2 Å². The molecule has 0 unspecified atom stereocenters. The maximum absolute atomic E-state index is 11.8. The van der Waals surface area contributed by atoms with Crippen molar-refractivity contribution in [2.24, 2.45) is 0 Å². The zero-order valence-electron chi connectivity index (χ0n) is 10.9. The van der Waals surface area contributed by atoms with E-state index in [1.807, 2.05) is 12.1 Å². The molecule has 98 valence electrons. The summed E-state index contributed by atoms with van der Waals surface area (Å²) in [6.07, 6.45) is 3.09. The molecule has 18 heavy (non-hydrogen) atoms. The number of fused-ring (bicyclic) bond motifs is 1. The van der Waals surface area contributed by atoms with Crippen molar-refractivity contribution in [1.82, 2.24) is 5.32 Å². The molecule has 0 saturated carbocycles. The Labute approximate surface area is 108 Å². The lowest BCUT2D eigenvalue weighted by Crippen LogP contribution is -2.40. The van der Waals surface area contributed by atoms with Crippen molar-refractivity contribution in [1.29, 1.82) is 0 Å². The van der Waals surface area contributed by atoms with Gasteiger partial charge >= 0.3 is 0 Å². The fourth-order valence-corrected chi connectivity index (χ4v) is 2.42. The number of benzene rings is 1. The van der Waals surface area contributed by atoms with E-state index in [9.17, 15) is 4.79 Å². The third-order valence-corrected chi connectivity index (χ3v) is 3.25. The normalized spacial score (nSPS) is 14.2. The van der Waals surface area contributed by atoms with Crippen molar-refractivity contribution < 1.29 is 4.79 Å². The van der Waals surface area contributed by atoms with E-state index in [2.05, 4.69) is 23.2 Å². The lowest BCUT2D eigenvalue weighted by Gasteiger charge is -2.31. The molecule has 0 aliphatic carbocycles. The first-order chi connectivity index (χ1) is 8.72. The molecule has 4 nitrogen and oxygen atoms in total. The van der Waals surface area contributed by atoms with Crippen LogP contribution < -0.4 is 16.0 Å². The number of amides is 1. The number of aryl methyl sites for hydroxylation is 1. The van der Waals surface area contributed by atoms with Crippen molar-refractivity contribution in [2.75, 3.05) is 30.3 Å². The van der Waals surface area contributed by atoms with E-state index in [4.69, 9.17) is 5.73 Å². The summed E-state index contributed by atoms with van der Waals surface area (Å²) in [7, 11) is 0. The van der Waals surface area contributed by atoms with Crippen molar-refractivity contribution in [3.05, 3.63) is 23.8 Å². The summed E-state index contributed by atoms with van der Waals surface area (Å²) < 4.78 is 0. The van der Waals surface area contributed by atoms with Crippen molar-refractivity contribution in [3.63, 3.8) is 0 Å². The third kappa shape index (κ3) is 2.75. The van der Waals surface area contributed by atoms with Crippen LogP contribution in [0.2, 0.25) is 0 Å². The molecule has 0 spiro atoms. The van der Waals surface area contributed by atoms with Gasteiger partial charge in [0.15, 0.2) is 0 Å². The van der Waals surface area contributed by atoms with E-state index in [0.717, 1.165) is 43.7 Å². The fourth-order valence-electron chi connectivity index (χ4n) is 2.42. The minimum absolute atomic E-state index is 0.0768. The van der Waals surface area contributed by atoms with E-state index in [-0.39, 0.29) is 5.91 Å². The van der Waals surface area contributed by atoms with Crippen LogP contribution >= 0.6 is 0 Å². The van der Waals surface area contributed by atoms with Gasteiger partial charge in [-0.2, -0.15) is 0 Å². The molecule has 1 aliphatic heterocycles. The minimum atomic E-state index is 0.0768. The average Bonchev–Trinajstić information content (AvgIpc) is 2.37. The number of carbonyl (C=O) groups is 1. The van der Waals surface area contributed by atoms with Crippen molar-refractivity contribution in [3.8, 4) is 0 Å². The van der Waals surface area contributed by atoms with Crippen LogP contribution in [0.5, 0.6) is 0 Å². The van der Waals surface area contributed by atoms with Crippen LogP contribution in [0.25, 0.3) is 0 Å². The number of hydrogen-bond donors (Lipinski definition) is 2. The van der Waals surface area contributed by atoms with Gasteiger partial charge in [0, 0.05) is 13.1 Å². The molecule has 0 atom stereocenters. The van der Waals surface area contributed by atoms with Crippen LogP contribution in [0.4, 0.5) is 11.4 Å². The summed E-state index contributed by atoms with van der Waals surface area (Å²) >= 11 is 0. The zero-order valence-corrected chi connectivity index (χ0v) is 10.9. The molecule has 0 bridgehead atoms. The van der Waals surface area contributed by atoms with Crippen molar-refractivity contribution >= 4 is 17.3 Å². The largest absolute Gasteiger partial charge is 0.397 e. The number of para-hydroxylation sites is 1. The first-order valence-electron chi connectivity index (χ1n) is 6.61. The summed E-state index contributed by atoms with van der Waals surface area (Å²) in [6.45, 7) is 4.10. The van der Waals surface area contributed by atoms with Gasteiger partial charge in [-0.1, -0.05) is 19.1 Å². The van der Waals surface area contributed by atoms with Crippen LogP contribution in [0, 0.1) is 0 Å². The van der Waals surface area contributed by atoms with E-state index >= 15 is 0 Å². The second-order valence-electron chi connectivity index (χ2n) is 4.73. The van der Waals surface area contributed by atoms with E-state index in [0.29, 0.717) is 6.54 Å². The summed E-state index contributed by atoms with van der Waals surface area (Å²) in [4.78, 5) is 13.9. The van der Waals surface area contributed by atoms with E-state index < -0.39 is 0 Å². The SMILES string of the molecule is CCCNC(=O)CN1CCCc2cccc(N)c21. The Hall–Kier alpha value is -1.71. The van der Waals surface area contributed by atoms with Gasteiger partial charge in [0.05, 0.1) is 17.9 Å². The van der Waals surface area contributed by atoms with Gasteiger partial charge in [0.2, 0.25) is 5.91 Å². The number of nitrogen functional groups attached to an aromatic ring is 1. The molecule has 0 aromatic heterocycles. The van der Waals surface area contributed by atoms with Gasteiger partial charge in [0.25, 0.3) is 0 Å². The number of nitrogens with two attached hydrogens (primary N) is 1. The van der Waals surface area contributed by atoms with Gasteiger partial charge in [-0.25, -0.2) is 0 Å². The Bertz CT molecular complexity index is 431. The molecule has 0 radical (unpaired) electrons. The molecule has 1 aromatic carbocycles. The second-order valence-corrected chi connectivity index (χ2v) is 4.73. The van der Waals surface area contributed by atoms with Gasteiger partial charge in [-0.15, -0.1) is 0 Å². The standard InChI is InChI=1S/C14H21N3O/c1-2-8-16-13(18)10-17-9-4-6-11-5-3-7-12(15)14(11)17/h3,5,7H,2,4,6,8-10,15H2,1H3,(H,16,18). The number of hydrogen-bond acceptors (Lipinski definition) is 3. The van der Waals surface area contributed by atoms with Crippen LogP contribution in [-0.4, -0.2) is 25.5 Å². The number of anilines is 2. The molecular formula is C14H21N3O. The van der Waals surface area contributed by atoms with Gasteiger partial charge in [0.1, 0.15) is 0 Å². The molecule has 1 amide bonds. The van der Waals surface area contributed by atoms with Crippen LogP contribution in [0.15, 0.2) is 18.2 Å². The minimum Gasteiger partial charge on any atom is -0.397 e. The Morgan fingerprint density at radius 3 is 3.11 bits per heavy atom. The molecule has 0 saturated heterocycles. The van der Waals surface area contributed by atoms with Crippen LogP contribution in [0.3, 0.4) is 0 Å². The molecule has 2 rings (SSSR count). The quantitative estimate of drug-likeness (QED) is 0.794. The predicted molar refractivity (Wildman–Crippen MR) is 74.7 cm³/mol. The van der Waals surface area contributed by atoms with Gasteiger partial charge in [-0.3, -0.25) is 4.79 Å². The number of carbonyl (C=O) groups excluding carboxylic acids is 1. The Kier molecular flexibility index (Phi) is 4.07. The predicted octanol–water partition coefficient (Wildman–Crippen LogP) is 1.55. The highest BCUT2D eigenvalue weighted by Gasteiger charge is 2.20. The highest BCUT2D eigenvalue weighted by molar-refractivity contribution is 5.84. The summed E-state index contributed by atoms with van der Waals surface area (Å²) in [6, 6.07) is 5.98. The fraction of sp³-hybridized carbons (Fsp3) is 0.500. The van der Waals surface area contributed by atoms with E-state index in [1.54, 1.807) is 0 Å². The average molecular weight is 247 g/mol. The lowest BCUT2D eigenvalue weighted by atomic mass is 10.0. The monoisotopic (exact) mass is 247 g/mol. The molecule has 1 aromatic rings. The zero-order chi connectivity index (χ0) is 13.0. The highest BCUT2D eigenvalue weighted by Crippen LogP contribution is 2.32. The Balaban J connectivity index is 2.10. The summed E-state index contributed by atoms with van der Waals surface area (Å²) in [5.41, 5.74) is 9.11. The second kappa shape index (κ2) is 5.76. The first kappa shape index (κ1) is 12.7. The maximum atomic E-state index is 11.8. The molecule has 1 heterocycles. The molecular weight excluding hydrogens is 226 g/mol. The Morgan fingerprint density at radius 2 is 2.33 bits per heavy atom. The van der Waals surface area contributed by atoms with E-state index in [1.165, 1.54) is 5.56 Å².